The van der Waals surface area contributed by atoms with Gasteiger partial charge in [0.1, 0.15) is 0 Å². The molecule has 0 aromatic rings. The highest BCUT2D eigenvalue weighted by molar-refractivity contribution is 5.76. The number of hydrogen-bond acceptors (Lipinski definition) is 5. The van der Waals surface area contributed by atoms with Crippen LogP contribution in [-0.4, -0.2) is 47.4 Å². The minimum atomic E-state index is -0.840. The second-order valence-corrected chi connectivity index (χ2v) is 28.1. The lowest BCUT2D eigenvalue weighted by molar-refractivity contribution is -0.143. The Kier molecular flexibility index (Phi) is 76.3. The monoisotopic (exact) mass is 1240 g/mol. The average Bonchev–Trinajstić information content (AvgIpc) is 3.59. The first kappa shape index (κ1) is 86.3. The van der Waals surface area contributed by atoms with E-state index in [1.807, 2.05) is 6.08 Å². The summed E-state index contributed by atoms with van der Waals surface area (Å²) in [7, 11) is 0. The van der Waals surface area contributed by atoms with Gasteiger partial charge in [0, 0.05) is 12.8 Å². The number of unbranched alkanes of at least 4 members (excludes halogenated alkanes) is 64. The molecule has 0 aliphatic rings. The highest BCUT2D eigenvalue weighted by atomic mass is 16.5. The molecule has 6 nitrogen and oxygen atoms in total. The zero-order valence-corrected chi connectivity index (χ0v) is 60.0. The molecule has 0 spiro atoms. The summed E-state index contributed by atoms with van der Waals surface area (Å²) in [6.07, 6.45) is 100. The largest absolute Gasteiger partial charge is 0.466 e. The molecule has 522 valence electrons. The zero-order chi connectivity index (χ0) is 63.5. The Morgan fingerprint density at radius 2 is 0.534 bits per heavy atom. The maximum absolute atomic E-state index is 12.5. The predicted molar refractivity (Wildman–Crippen MR) is 389 cm³/mol. The topological polar surface area (TPSA) is 95.9 Å². The molecule has 0 aliphatic heterocycles. The summed E-state index contributed by atoms with van der Waals surface area (Å²) < 4.78 is 5.52. The molecular weight excluding hydrogens is 1080 g/mol. The number of ether oxygens (including phenoxy) is 1. The molecular formula is C82H159NO5. The normalized spacial score (nSPS) is 12.5. The third-order valence-electron chi connectivity index (χ3n) is 19.2. The van der Waals surface area contributed by atoms with Gasteiger partial charge >= 0.3 is 5.97 Å². The van der Waals surface area contributed by atoms with Gasteiger partial charge in [0.05, 0.1) is 25.4 Å². The van der Waals surface area contributed by atoms with E-state index in [0.29, 0.717) is 19.4 Å². The number of amides is 1. The van der Waals surface area contributed by atoms with Crippen molar-refractivity contribution in [3.05, 3.63) is 24.3 Å². The van der Waals surface area contributed by atoms with E-state index < -0.39 is 12.1 Å². The Morgan fingerprint density at radius 3 is 0.807 bits per heavy atom. The van der Waals surface area contributed by atoms with Crippen molar-refractivity contribution in [1.82, 2.24) is 5.32 Å². The molecule has 2 unspecified atom stereocenters. The molecule has 0 aromatic carbocycles. The molecule has 0 bridgehead atoms. The van der Waals surface area contributed by atoms with E-state index in [-0.39, 0.29) is 18.5 Å². The summed E-state index contributed by atoms with van der Waals surface area (Å²) in [5.41, 5.74) is 0. The quantitative estimate of drug-likeness (QED) is 0.0320. The van der Waals surface area contributed by atoms with Gasteiger partial charge in [-0.25, -0.2) is 0 Å². The summed E-state index contributed by atoms with van der Waals surface area (Å²) in [5, 5.41) is 23.2. The number of carbonyl (C=O) groups is 2. The number of aliphatic hydroxyl groups excluding tert-OH is 2. The maximum atomic E-state index is 12.5. The second kappa shape index (κ2) is 77.8. The first-order chi connectivity index (χ1) is 43.5. The van der Waals surface area contributed by atoms with Gasteiger partial charge in [0.25, 0.3) is 0 Å². The van der Waals surface area contributed by atoms with Crippen LogP contribution in [0.3, 0.4) is 0 Å². The van der Waals surface area contributed by atoms with Crippen LogP contribution in [0.2, 0.25) is 0 Å². The van der Waals surface area contributed by atoms with E-state index in [0.717, 1.165) is 38.5 Å². The molecule has 0 aromatic heterocycles. The molecule has 3 N–H and O–H groups in total. The maximum Gasteiger partial charge on any atom is 0.305 e. The molecule has 0 fully saturated rings. The van der Waals surface area contributed by atoms with Crippen LogP contribution in [0.15, 0.2) is 24.3 Å². The van der Waals surface area contributed by atoms with Crippen LogP contribution in [0.5, 0.6) is 0 Å². The molecule has 0 rings (SSSR count). The smallest absolute Gasteiger partial charge is 0.305 e. The number of allylic oxidation sites excluding steroid dienone is 3. The van der Waals surface area contributed by atoms with Gasteiger partial charge in [-0.3, -0.25) is 9.59 Å². The van der Waals surface area contributed by atoms with Gasteiger partial charge < -0.3 is 20.3 Å². The van der Waals surface area contributed by atoms with Crippen LogP contribution in [0.25, 0.3) is 0 Å². The Labute approximate surface area is 551 Å². The van der Waals surface area contributed by atoms with Gasteiger partial charge in [0.2, 0.25) is 5.91 Å². The first-order valence-electron chi connectivity index (χ1n) is 40.6. The van der Waals surface area contributed by atoms with E-state index in [9.17, 15) is 19.8 Å². The molecule has 6 heteroatoms. The third kappa shape index (κ3) is 73.4. The number of aliphatic hydroxyl groups is 2. The number of nitrogens with one attached hydrogen (secondary N) is 1. The molecule has 2 atom stereocenters. The van der Waals surface area contributed by atoms with Gasteiger partial charge in [-0.1, -0.05) is 417 Å². The minimum absolute atomic E-state index is 0.0237. The van der Waals surface area contributed by atoms with Crippen LogP contribution in [0.1, 0.15) is 463 Å². The van der Waals surface area contributed by atoms with E-state index in [1.165, 1.54) is 398 Å². The van der Waals surface area contributed by atoms with Crippen molar-refractivity contribution in [2.24, 2.45) is 0 Å². The lowest BCUT2D eigenvalue weighted by Crippen LogP contribution is -2.45. The van der Waals surface area contributed by atoms with Crippen molar-refractivity contribution in [3.63, 3.8) is 0 Å². The lowest BCUT2D eigenvalue weighted by Gasteiger charge is -2.20. The van der Waals surface area contributed by atoms with Gasteiger partial charge in [-0.2, -0.15) is 0 Å². The Balaban J connectivity index is 3.29. The minimum Gasteiger partial charge on any atom is -0.466 e. The molecule has 0 saturated carbocycles. The van der Waals surface area contributed by atoms with E-state index >= 15 is 0 Å². The van der Waals surface area contributed by atoms with Crippen molar-refractivity contribution < 1.29 is 24.5 Å². The number of hydrogen-bond donors (Lipinski definition) is 3. The second-order valence-electron chi connectivity index (χ2n) is 28.1. The Morgan fingerprint density at radius 1 is 0.307 bits per heavy atom. The van der Waals surface area contributed by atoms with Crippen molar-refractivity contribution in [2.45, 2.75) is 475 Å². The zero-order valence-electron chi connectivity index (χ0n) is 60.0. The fourth-order valence-electron chi connectivity index (χ4n) is 13.0. The van der Waals surface area contributed by atoms with Gasteiger partial charge in [-0.05, 0) is 57.8 Å². The number of esters is 1. The summed E-state index contributed by atoms with van der Waals surface area (Å²) in [6, 6.07) is -0.623. The fourth-order valence-corrected chi connectivity index (χ4v) is 13.0. The predicted octanol–water partition coefficient (Wildman–Crippen LogP) is 26.8. The van der Waals surface area contributed by atoms with E-state index in [4.69, 9.17) is 4.74 Å². The van der Waals surface area contributed by atoms with Gasteiger partial charge in [-0.15, -0.1) is 0 Å². The first-order valence-corrected chi connectivity index (χ1v) is 40.6. The molecule has 0 aliphatic carbocycles. The molecule has 88 heavy (non-hydrogen) atoms. The van der Waals surface area contributed by atoms with E-state index in [1.54, 1.807) is 6.08 Å². The third-order valence-corrected chi connectivity index (χ3v) is 19.2. The fraction of sp³-hybridized carbons (Fsp3) is 0.927. The van der Waals surface area contributed by atoms with E-state index in [2.05, 4.69) is 31.3 Å². The molecule has 0 heterocycles. The van der Waals surface area contributed by atoms with Gasteiger partial charge in [0.15, 0.2) is 0 Å². The molecule has 0 saturated heterocycles. The highest BCUT2D eigenvalue weighted by Crippen LogP contribution is 2.20. The summed E-state index contributed by atoms with van der Waals surface area (Å²) in [5.74, 6) is -0.0353. The molecule has 1 amide bonds. The highest BCUT2D eigenvalue weighted by Gasteiger charge is 2.18. The number of carbonyl (C=O) groups excluding carboxylic acids is 2. The standard InChI is InChI=1S/C82H159NO5/c1-3-5-7-9-11-13-15-17-19-20-40-44-48-52-56-60-64-68-72-76-82(87)88-77-73-69-65-61-57-53-49-45-42-39-37-35-33-31-29-27-25-23-21-22-24-26-28-30-32-34-36-38-41-43-47-51-55-59-63-67-71-75-81(86)83-79(78-84)80(85)74-70-66-62-58-54-50-46-18-16-14-12-10-8-6-4-2/h17,19,70,74,79-80,84-85H,3-16,18,20-69,71-73,75-78H2,1-2H3,(H,83,86)/b19-17-,74-70+. The van der Waals surface area contributed by atoms with Crippen molar-refractivity contribution >= 4 is 11.9 Å². The van der Waals surface area contributed by atoms with Crippen molar-refractivity contribution in [3.8, 4) is 0 Å². The van der Waals surface area contributed by atoms with Crippen molar-refractivity contribution in [1.29, 1.82) is 0 Å². The van der Waals surface area contributed by atoms with Crippen LogP contribution in [0.4, 0.5) is 0 Å². The summed E-state index contributed by atoms with van der Waals surface area (Å²) in [6.45, 7) is 4.95. The Hall–Kier alpha value is -1.66. The van der Waals surface area contributed by atoms with Crippen LogP contribution in [-0.2, 0) is 14.3 Å². The van der Waals surface area contributed by atoms with Crippen LogP contribution >= 0.6 is 0 Å². The SMILES string of the molecule is CCCCCCCC/C=C\CCCCCCCCCCCC(=O)OCCCCCCCCCCCCCCCCCCCCCCCCCCCCCCCCCCCCCCCC(=O)NC(CO)C(O)/C=C/CCCCCCCCCCCCCCC. The lowest BCUT2D eigenvalue weighted by atomic mass is 10.0. The Bertz CT molecular complexity index is 1380. The van der Waals surface area contributed by atoms with Crippen LogP contribution < -0.4 is 5.32 Å². The number of rotatable bonds is 77. The molecule has 0 radical (unpaired) electrons. The average molecular weight is 1240 g/mol. The van der Waals surface area contributed by atoms with Crippen molar-refractivity contribution in [2.75, 3.05) is 13.2 Å². The summed E-state index contributed by atoms with van der Waals surface area (Å²) >= 11 is 0. The van der Waals surface area contributed by atoms with Crippen LogP contribution in [0, 0.1) is 0 Å². The summed E-state index contributed by atoms with van der Waals surface area (Å²) in [4.78, 5) is 24.6.